The minimum atomic E-state index is -0.541. The minimum Gasteiger partial charge on any atom is -0.487 e. The lowest BCUT2D eigenvalue weighted by Crippen LogP contribution is -2.47. The zero-order valence-corrected chi connectivity index (χ0v) is 15.2. The number of aromatic nitrogens is 1. The summed E-state index contributed by atoms with van der Waals surface area (Å²) in [6.45, 7) is 3.45. The Morgan fingerprint density at radius 1 is 1.54 bits per heavy atom. The van der Waals surface area contributed by atoms with E-state index in [9.17, 15) is 4.79 Å². The molecule has 1 aromatic carbocycles. The van der Waals surface area contributed by atoms with E-state index in [1.807, 2.05) is 36.6 Å². The lowest BCUT2D eigenvalue weighted by atomic mass is 10.1. The second kappa shape index (κ2) is 8.61. The maximum Gasteiger partial charge on any atom is 0.247 e. The number of carbonyl (C=O) groups excluding carboxylic acids is 1. The number of hydrogen-bond donors (Lipinski definition) is 0. The van der Waals surface area contributed by atoms with Gasteiger partial charge < -0.3 is 14.4 Å². The second-order valence-corrected chi connectivity index (χ2v) is 6.83. The van der Waals surface area contributed by atoms with Crippen LogP contribution in [0.1, 0.15) is 16.3 Å². The average molecular weight is 369 g/mol. The highest BCUT2D eigenvalue weighted by molar-refractivity contribution is 7.09. The molecule has 2 heterocycles. The summed E-state index contributed by atoms with van der Waals surface area (Å²) in [5.41, 5.74) is 1.68. The summed E-state index contributed by atoms with van der Waals surface area (Å²) in [6, 6.07) is 9.07. The number of benzene rings is 1. The van der Waals surface area contributed by atoms with E-state index in [1.54, 1.807) is 17.4 Å². The van der Waals surface area contributed by atoms with Crippen LogP contribution in [0.15, 0.2) is 35.7 Å². The van der Waals surface area contributed by atoms with Crippen LogP contribution in [-0.4, -0.2) is 41.6 Å². The topological polar surface area (TPSA) is 75.4 Å². The number of nitriles is 1. The molecule has 0 spiro atoms. The minimum absolute atomic E-state index is 0.204. The van der Waals surface area contributed by atoms with E-state index in [1.165, 1.54) is 11.0 Å². The van der Waals surface area contributed by atoms with Crippen molar-refractivity contribution in [2.24, 2.45) is 0 Å². The number of para-hydroxylation sites is 1. The van der Waals surface area contributed by atoms with Crippen LogP contribution >= 0.6 is 11.3 Å². The van der Waals surface area contributed by atoms with Gasteiger partial charge in [-0.05, 0) is 19.1 Å². The number of aryl methyl sites for hydroxylation is 1. The van der Waals surface area contributed by atoms with Crippen molar-refractivity contribution in [2.75, 3.05) is 19.8 Å². The number of ether oxygens (including phenoxy) is 2. The van der Waals surface area contributed by atoms with Crippen LogP contribution in [0.2, 0.25) is 0 Å². The van der Waals surface area contributed by atoms with Crippen molar-refractivity contribution < 1.29 is 14.3 Å². The van der Waals surface area contributed by atoms with E-state index in [4.69, 9.17) is 14.7 Å². The summed E-state index contributed by atoms with van der Waals surface area (Å²) in [5.74, 6) is 0.478. The molecule has 1 amide bonds. The highest BCUT2D eigenvalue weighted by Crippen LogP contribution is 2.21. The number of amides is 1. The zero-order valence-electron chi connectivity index (χ0n) is 14.4. The standard InChI is InChI=1S/C19H19N3O3S/c1-14-21-16(13-26-14)11-25-18-5-3-2-4-15(18)6-7-19(23)22-8-9-24-12-17(22)10-20/h2-7,13,17H,8-9,11-12H2,1H3/b7-6-/t17-/m1/s1. The van der Waals surface area contributed by atoms with Crippen molar-refractivity contribution in [1.29, 1.82) is 5.26 Å². The Kier molecular flexibility index (Phi) is 6.00. The molecule has 2 aromatic rings. The van der Waals surface area contributed by atoms with Gasteiger partial charge in [0.1, 0.15) is 18.4 Å². The van der Waals surface area contributed by atoms with Gasteiger partial charge in [-0.2, -0.15) is 5.26 Å². The fourth-order valence-electron chi connectivity index (χ4n) is 2.61. The van der Waals surface area contributed by atoms with Crippen LogP contribution < -0.4 is 4.74 Å². The molecule has 0 saturated carbocycles. The Bertz CT molecular complexity index is 841. The molecule has 26 heavy (non-hydrogen) atoms. The molecule has 3 rings (SSSR count). The van der Waals surface area contributed by atoms with Gasteiger partial charge in [0.25, 0.3) is 0 Å². The molecular weight excluding hydrogens is 350 g/mol. The number of nitrogens with zero attached hydrogens (tertiary/aromatic N) is 3. The van der Waals surface area contributed by atoms with Gasteiger partial charge in [0.2, 0.25) is 5.91 Å². The van der Waals surface area contributed by atoms with E-state index in [-0.39, 0.29) is 12.5 Å². The maximum absolute atomic E-state index is 12.4. The van der Waals surface area contributed by atoms with Crippen LogP contribution in [-0.2, 0) is 16.1 Å². The van der Waals surface area contributed by atoms with Crippen molar-refractivity contribution in [3.63, 3.8) is 0 Å². The molecule has 1 aliphatic heterocycles. The third-order valence-corrected chi connectivity index (χ3v) is 4.75. The molecular formula is C19H19N3O3S. The lowest BCUT2D eigenvalue weighted by molar-refractivity contribution is -0.132. The SMILES string of the molecule is Cc1nc(COc2ccccc2/C=C\C(=O)N2CCOC[C@H]2C#N)cs1. The number of carbonyl (C=O) groups is 1. The number of rotatable bonds is 5. The molecule has 134 valence electrons. The number of hydrogen-bond acceptors (Lipinski definition) is 6. The fourth-order valence-corrected chi connectivity index (χ4v) is 3.20. The van der Waals surface area contributed by atoms with E-state index in [0.29, 0.717) is 25.5 Å². The first-order valence-electron chi connectivity index (χ1n) is 8.26. The van der Waals surface area contributed by atoms with Gasteiger partial charge in [-0.3, -0.25) is 4.79 Å². The van der Waals surface area contributed by atoms with Crippen molar-refractivity contribution in [3.05, 3.63) is 52.0 Å². The van der Waals surface area contributed by atoms with Gasteiger partial charge in [0.05, 0.1) is 30.0 Å². The monoisotopic (exact) mass is 369 g/mol. The Balaban J connectivity index is 1.68. The third-order valence-electron chi connectivity index (χ3n) is 3.93. The third kappa shape index (κ3) is 4.48. The number of thiazole rings is 1. The zero-order chi connectivity index (χ0) is 18.4. The maximum atomic E-state index is 12.4. The van der Waals surface area contributed by atoms with E-state index in [0.717, 1.165) is 16.3 Å². The van der Waals surface area contributed by atoms with Gasteiger partial charge in [-0.15, -0.1) is 11.3 Å². The van der Waals surface area contributed by atoms with Gasteiger partial charge in [0, 0.05) is 23.6 Å². The lowest BCUT2D eigenvalue weighted by Gasteiger charge is -2.30. The Hall–Kier alpha value is -2.69. The molecule has 1 fully saturated rings. The highest BCUT2D eigenvalue weighted by Gasteiger charge is 2.25. The summed E-state index contributed by atoms with van der Waals surface area (Å²) in [6.07, 6.45) is 3.19. The second-order valence-electron chi connectivity index (χ2n) is 5.77. The predicted molar refractivity (Wildman–Crippen MR) is 98.6 cm³/mol. The summed E-state index contributed by atoms with van der Waals surface area (Å²) in [4.78, 5) is 18.3. The Morgan fingerprint density at radius 2 is 2.38 bits per heavy atom. The summed E-state index contributed by atoms with van der Waals surface area (Å²) in [5, 5.41) is 12.1. The van der Waals surface area contributed by atoms with Gasteiger partial charge in [-0.1, -0.05) is 18.2 Å². The predicted octanol–water partition coefficient (Wildman–Crippen LogP) is 2.79. The van der Waals surface area contributed by atoms with Gasteiger partial charge in [0.15, 0.2) is 0 Å². The molecule has 7 heteroatoms. The average Bonchev–Trinajstić information content (AvgIpc) is 3.10. The first-order chi connectivity index (χ1) is 12.7. The molecule has 0 bridgehead atoms. The van der Waals surface area contributed by atoms with Crippen LogP contribution in [0.25, 0.3) is 6.08 Å². The quantitative estimate of drug-likeness (QED) is 0.758. The molecule has 1 aliphatic rings. The van der Waals surface area contributed by atoms with E-state index < -0.39 is 6.04 Å². The van der Waals surface area contributed by atoms with Crippen molar-refractivity contribution >= 4 is 23.3 Å². The fraction of sp³-hybridized carbons (Fsp3) is 0.316. The van der Waals surface area contributed by atoms with Crippen LogP contribution in [0, 0.1) is 18.3 Å². The normalized spacial score (nSPS) is 17.2. The smallest absolute Gasteiger partial charge is 0.247 e. The van der Waals surface area contributed by atoms with Crippen LogP contribution in [0.5, 0.6) is 5.75 Å². The highest BCUT2D eigenvalue weighted by atomic mass is 32.1. The van der Waals surface area contributed by atoms with Crippen molar-refractivity contribution in [3.8, 4) is 11.8 Å². The molecule has 0 aliphatic carbocycles. The van der Waals surface area contributed by atoms with E-state index in [2.05, 4.69) is 11.1 Å². The van der Waals surface area contributed by atoms with Gasteiger partial charge >= 0.3 is 0 Å². The molecule has 6 nitrogen and oxygen atoms in total. The first-order valence-corrected chi connectivity index (χ1v) is 9.14. The largest absolute Gasteiger partial charge is 0.487 e. The molecule has 1 atom stereocenters. The van der Waals surface area contributed by atoms with Crippen LogP contribution in [0.3, 0.4) is 0 Å². The Morgan fingerprint density at radius 3 is 3.15 bits per heavy atom. The van der Waals surface area contributed by atoms with Crippen molar-refractivity contribution in [2.45, 2.75) is 19.6 Å². The molecule has 1 aromatic heterocycles. The summed E-state index contributed by atoms with van der Waals surface area (Å²) in [7, 11) is 0. The Labute approximate surface area is 156 Å². The molecule has 0 N–H and O–H groups in total. The van der Waals surface area contributed by atoms with Crippen LogP contribution in [0.4, 0.5) is 0 Å². The molecule has 0 radical (unpaired) electrons. The summed E-state index contributed by atoms with van der Waals surface area (Å²) >= 11 is 1.58. The summed E-state index contributed by atoms with van der Waals surface area (Å²) < 4.78 is 11.1. The molecule has 1 saturated heterocycles. The van der Waals surface area contributed by atoms with E-state index >= 15 is 0 Å². The van der Waals surface area contributed by atoms with Gasteiger partial charge in [-0.25, -0.2) is 4.98 Å². The first kappa shape index (κ1) is 18.1. The van der Waals surface area contributed by atoms with Crippen molar-refractivity contribution in [1.82, 2.24) is 9.88 Å². The molecule has 0 unspecified atom stereocenters. The number of morpholine rings is 1.